The van der Waals surface area contributed by atoms with E-state index in [-0.39, 0.29) is 10.6 Å². The quantitative estimate of drug-likeness (QED) is 0.614. The smallest absolute Gasteiger partial charge is 0.269 e. The van der Waals surface area contributed by atoms with Gasteiger partial charge in [-0.05, 0) is 50.4 Å². The van der Waals surface area contributed by atoms with Gasteiger partial charge in [0, 0.05) is 37.5 Å². The number of benzene rings is 1. The Morgan fingerprint density at radius 2 is 1.70 bits per heavy atom. The minimum absolute atomic E-state index is 0.166. The lowest BCUT2D eigenvalue weighted by Crippen LogP contribution is -2.41. The first kappa shape index (κ1) is 13.4. The molecule has 2 saturated heterocycles. The molecule has 0 aromatic heterocycles. The standard InChI is InChI=1S/C15H21N3O2/c1-16-9-6-15(12-16)7-10-17(11-8-15)13-2-4-14(5-3-13)18(19)20/h2-5H,6-12H2,1H3. The van der Waals surface area contributed by atoms with Gasteiger partial charge in [0.25, 0.3) is 5.69 Å². The highest BCUT2D eigenvalue weighted by Crippen LogP contribution is 2.40. The van der Waals surface area contributed by atoms with E-state index in [9.17, 15) is 10.1 Å². The van der Waals surface area contributed by atoms with Crippen LogP contribution in [0, 0.1) is 15.5 Å². The fourth-order valence-corrected chi connectivity index (χ4v) is 3.59. The van der Waals surface area contributed by atoms with Crippen LogP contribution in [0.3, 0.4) is 0 Å². The van der Waals surface area contributed by atoms with Gasteiger partial charge in [0.1, 0.15) is 0 Å². The summed E-state index contributed by atoms with van der Waals surface area (Å²) < 4.78 is 0. The highest BCUT2D eigenvalue weighted by molar-refractivity contribution is 5.51. The minimum atomic E-state index is -0.344. The summed E-state index contributed by atoms with van der Waals surface area (Å²) in [6.07, 6.45) is 3.78. The van der Waals surface area contributed by atoms with Gasteiger partial charge in [-0.15, -0.1) is 0 Å². The Balaban J connectivity index is 1.64. The van der Waals surface area contributed by atoms with Gasteiger partial charge in [-0.1, -0.05) is 0 Å². The van der Waals surface area contributed by atoms with Gasteiger partial charge in [0.2, 0.25) is 0 Å². The van der Waals surface area contributed by atoms with E-state index < -0.39 is 0 Å². The van der Waals surface area contributed by atoms with E-state index >= 15 is 0 Å². The van der Waals surface area contributed by atoms with Gasteiger partial charge in [0.05, 0.1) is 4.92 Å². The molecule has 20 heavy (non-hydrogen) atoms. The summed E-state index contributed by atoms with van der Waals surface area (Å²) in [5.74, 6) is 0. The molecule has 0 bridgehead atoms. The van der Waals surface area contributed by atoms with E-state index in [0.29, 0.717) is 5.41 Å². The van der Waals surface area contributed by atoms with Crippen LogP contribution in [0.4, 0.5) is 11.4 Å². The lowest BCUT2D eigenvalue weighted by Gasteiger charge is -2.40. The van der Waals surface area contributed by atoms with Crippen molar-refractivity contribution in [1.82, 2.24) is 4.90 Å². The molecule has 0 aliphatic carbocycles. The van der Waals surface area contributed by atoms with Crippen molar-refractivity contribution < 1.29 is 4.92 Å². The number of rotatable bonds is 2. The molecule has 2 heterocycles. The molecule has 0 radical (unpaired) electrons. The van der Waals surface area contributed by atoms with E-state index in [1.54, 1.807) is 12.1 Å². The van der Waals surface area contributed by atoms with Crippen molar-refractivity contribution in [2.24, 2.45) is 5.41 Å². The zero-order valence-electron chi connectivity index (χ0n) is 11.9. The molecule has 0 N–H and O–H groups in total. The summed E-state index contributed by atoms with van der Waals surface area (Å²) in [6, 6.07) is 6.94. The first-order valence-corrected chi connectivity index (χ1v) is 7.26. The highest BCUT2D eigenvalue weighted by Gasteiger charge is 2.39. The number of piperidine rings is 1. The maximum absolute atomic E-state index is 10.7. The minimum Gasteiger partial charge on any atom is -0.371 e. The van der Waals surface area contributed by atoms with Crippen LogP contribution in [0.1, 0.15) is 19.3 Å². The molecule has 2 aliphatic rings. The van der Waals surface area contributed by atoms with Gasteiger partial charge < -0.3 is 9.80 Å². The summed E-state index contributed by atoms with van der Waals surface area (Å²) in [6.45, 7) is 4.57. The molecule has 1 spiro atoms. The van der Waals surface area contributed by atoms with Crippen molar-refractivity contribution in [3.63, 3.8) is 0 Å². The lowest BCUT2D eigenvalue weighted by molar-refractivity contribution is -0.384. The fourth-order valence-electron chi connectivity index (χ4n) is 3.59. The predicted octanol–water partition coefficient (Wildman–Crippen LogP) is 2.52. The third kappa shape index (κ3) is 2.50. The topological polar surface area (TPSA) is 49.6 Å². The van der Waals surface area contributed by atoms with Crippen LogP contribution < -0.4 is 4.90 Å². The van der Waals surface area contributed by atoms with E-state index in [1.807, 2.05) is 12.1 Å². The van der Waals surface area contributed by atoms with Gasteiger partial charge in [-0.3, -0.25) is 10.1 Å². The zero-order chi connectivity index (χ0) is 14.2. The Labute approximate surface area is 119 Å². The molecule has 3 rings (SSSR count). The molecule has 5 nitrogen and oxygen atoms in total. The van der Waals surface area contributed by atoms with Crippen molar-refractivity contribution >= 4 is 11.4 Å². The van der Waals surface area contributed by atoms with Gasteiger partial charge in [-0.2, -0.15) is 0 Å². The van der Waals surface area contributed by atoms with E-state index in [4.69, 9.17) is 0 Å². The SMILES string of the molecule is CN1CCC2(CCN(c3ccc([N+](=O)[O-])cc3)CC2)C1. The molecule has 1 aromatic carbocycles. The Bertz CT molecular complexity index is 492. The van der Waals surface area contributed by atoms with Crippen molar-refractivity contribution in [1.29, 1.82) is 0 Å². The summed E-state index contributed by atoms with van der Waals surface area (Å²) in [5, 5.41) is 10.7. The van der Waals surface area contributed by atoms with E-state index in [2.05, 4.69) is 16.8 Å². The third-order valence-electron chi connectivity index (χ3n) is 4.88. The first-order chi connectivity index (χ1) is 9.58. The number of likely N-dealkylation sites (tertiary alicyclic amines) is 1. The predicted molar refractivity (Wildman–Crippen MR) is 79.1 cm³/mol. The molecule has 1 aromatic rings. The van der Waals surface area contributed by atoms with Gasteiger partial charge in [-0.25, -0.2) is 0 Å². The number of nitro benzene ring substituents is 1. The molecule has 108 valence electrons. The number of nitrogens with zero attached hydrogens (tertiary/aromatic N) is 3. The maximum Gasteiger partial charge on any atom is 0.269 e. The average Bonchev–Trinajstić information content (AvgIpc) is 2.81. The van der Waals surface area contributed by atoms with E-state index in [1.165, 1.54) is 32.4 Å². The molecule has 2 aliphatic heterocycles. The van der Waals surface area contributed by atoms with Crippen LogP contribution >= 0.6 is 0 Å². The molecule has 0 atom stereocenters. The van der Waals surface area contributed by atoms with Crippen molar-refractivity contribution in [3.05, 3.63) is 34.4 Å². The molecule has 0 unspecified atom stereocenters. The largest absolute Gasteiger partial charge is 0.371 e. The van der Waals surface area contributed by atoms with Crippen molar-refractivity contribution in [2.45, 2.75) is 19.3 Å². The number of non-ortho nitro benzene ring substituents is 1. The summed E-state index contributed by atoms with van der Waals surface area (Å²) in [5.41, 5.74) is 1.79. The molecular weight excluding hydrogens is 254 g/mol. The zero-order valence-corrected chi connectivity index (χ0v) is 11.9. The second-order valence-corrected chi connectivity index (χ2v) is 6.25. The molecule has 2 fully saturated rings. The van der Waals surface area contributed by atoms with Crippen LogP contribution in [-0.4, -0.2) is 43.0 Å². The fraction of sp³-hybridized carbons (Fsp3) is 0.600. The van der Waals surface area contributed by atoms with Crippen molar-refractivity contribution in [3.8, 4) is 0 Å². The second kappa shape index (κ2) is 5.05. The van der Waals surface area contributed by atoms with Crippen LogP contribution in [0.2, 0.25) is 0 Å². The normalized spacial score (nSPS) is 22.4. The molecule has 5 heteroatoms. The number of hydrogen-bond donors (Lipinski definition) is 0. The average molecular weight is 275 g/mol. The summed E-state index contributed by atoms with van der Waals surface area (Å²) >= 11 is 0. The first-order valence-electron chi connectivity index (χ1n) is 7.26. The van der Waals surface area contributed by atoms with Crippen molar-refractivity contribution in [2.75, 3.05) is 38.1 Å². The lowest BCUT2D eigenvalue weighted by atomic mass is 9.77. The molecule has 0 amide bonds. The number of anilines is 1. The molecule has 0 saturated carbocycles. The van der Waals surface area contributed by atoms with Crippen LogP contribution in [-0.2, 0) is 0 Å². The Hall–Kier alpha value is -1.62. The number of hydrogen-bond acceptors (Lipinski definition) is 4. The Kier molecular flexibility index (Phi) is 3.38. The summed E-state index contributed by atoms with van der Waals surface area (Å²) in [4.78, 5) is 15.1. The third-order valence-corrected chi connectivity index (χ3v) is 4.88. The van der Waals surface area contributed by atoms with E-state index in [0.717, 1.165) is 18.8 Å². The maximum atomic E-state index is 10.7. The highest BCUT2D eigenvalue weighted by atomic mass is 16.6. The van der Waals surface area contributed by atoms with Crippen LogP contribution in [0.25, 0.3) is 0 Å². The van der Waals surface area contributed by atoms with Gasteiger partial charge >= 0.3 is 0 Å². The van der Waals surface area contributed by atoms with Gasteiger partial charge in [0.15, 0.2) is 0 Å². The second-order valence-electron chi connectivity index (χ2n) is 6.25. The Morgan fingerprint density at radius 1 is 1.10 bits per heavy atom. The Morgan fingerprint density at radius 3 is 2.20 bits per heavy atom. The number of nitro groups is 1. The molecular formula is C15H21N3O2. The monoisotopic (exact) mass is 275 g/mol. The van der Waals surface area contributed by atoms with Crippen LogP contribution in [0.15, 0.2) is 24.3 Å². The summed E-state index contributed by atoms with van der Waals surface area (Å²) in [7, 11) is 2.21. The van der Waals surface area contributed by atoms with Crippen LogP contribution in [0.5, 0.6) is 0 Å².